The van der Waals surface area contributed by atoms with Gasteiger partial charge in [-0.2, -0.15) is 0 Å². The molecule has 2 fully saturated rings. The molecule has 0 aromatic heterocycles. The van der Waals surface area contributed by atoms with Gasteiger partial charge in [-0.25, -0.2) is 4.39 Å². The number of amides is 2. The quantitative estimate of drug-likeness (QED) is 0.862. The van der Waals surface area contributed by atoms with Crippen molar-refractivity contribution in [3.8, 4) is 0 Å². The lowest BCUT2D eigenvalue weighted by Gasteiger charge is -2.43. The first-order chi connectivity index (χ1) is 9.58. The van der Waals surface area contributed by atoms with Crippen LogP contribution in [0, 0.1) is 17.2 Å². The van der Waals surface area contributed by atoms with Gasteiger partial charge in [0.05, 0.1) is 5.92 Å². The minimum absolute atomic E-state index is 0.226. The molecule has 2 unspecified atom stereocenters. The maximum absolute atomic E-state index is 14.1. The number of carbonyl (C=O) groups is 2. The molecular formula is C16H18FNO2. The highest BCUT2D eigenvalue weighted by atomic mass is 19.1. The molecule has 1 aromatic rings. The molecule has 1 N–H and O–H groups in total. The first-order valence-corrected chi connectivity index (χ1v) is 7.16. The fraction of sp³-hybridized carbons (Fsp3) is 0.500. The predicted molar refractivity (Wildman–Crippen MR) is 72.4 cm³/mol. The Labute approximate surface area is 117 Å². The molecule has 2 amide bonds. The van der Waals surface area contributed by atoms with Crippen molar-refractivity contribution in [1.82, 2.24) is 5.32 Å². The number of carbonyl (C=O) groups excluding carboxylic acids is 2. The summed E-state index contributed by atoms with van der Waals surface area (Å²) >= 11 is 0. The third-order valence-electron chi connectivity index (χ3n) is 4.85. The van der Waals surface area contributed by atoms with Crippen molar-refractivity contribution in [2.45, 2.75) is 38.5 Å². The van der Waals surface area contributed by atoms with E-state index < -0.39 is 11.3 Å². The van der Waals surface area contributed by atoms with Crippen LogP contribution in [0.2, 0.25) is 0 Å². The van der Waals surface area contributed by atoms with E-state index in [-0.39, 0.29) is 17.6 Å². The minimum Gasteiger partial charge on any atom is -0.296 e. The van der Waals surface area contributed by atoms with E-state index in [0.717, 1.165) is 19.3 Å². The minimum atomic E-state index is -0.557. The van der Waals surface area contributed by atoms with Crippen molar-refractivity contribution >= 4 is 11.8 Å². The highest BCUT2D eigenvalue weighted by molar-refractivity contribution is 6.02. The van der Waals surface area contributed by atoms with Crippen LogP contribution in [-0.4, -0.2) is 11.8 Å². The van der Waals surface area contributed by atoms with Crippen molar-refractivity contribution < 1.29 is 14.0 Å². The van der Waals surface area contributed by atoms with Crippen LogP contribution < -0.4 is 5.32 Å². The molecule has 106 valence electrons. The van der Waals surface area contributed by atoms with Crippen molar-refractivity contribution in [2.75, 3.05) is 0 Å². The first kappa shape index (κ1) is 13.3. The lowest BCUT2D eigenvalue weighted by atomic mass is 9.62. The standard InChI is InChI=1S/C16H18FNO2/c1-2-16(10-7-8-10)9-13(19)18-15(20)14(16)11-5-3-4-6-12(11)17/h3-6,10,14H,2,7-9H2,1H3,(H,18,19,20). The number of halogens is 1. The Bertz CT molecular complexity index is 567. The summed E-state index contributed by atoms with van der Waals surface area (Å²) in [4.78, 5) is 24.2. The molecule has 4 heteroatoms. The second kappa shape index (κ2) is 4.69. The van der Waals surface area contributed by atoms with Crippen LogP contribution in [0.3, 0.4) is 0 Å². The van der Waals surface area contributed by atoms with Gasteiger partial charge in [-0.15, -0.1) is 0 Å². The van der Waals surface area contributed by atoms with Crippen LogP contribution in [0.5, 0.6) is 0 Å². The molecule has 1 aliphatic heterocycles. The molecule has 0 bridgehead atoms. The van der Waals surface area contributed by atoms with E-state index in [4.69, 9.17) is 0 Å². The lowest BCUT2D eigenvalue weighted by molar-refractivity contribution is -0.141. The zero-order valence-corrected chi connectivity index (χ0v) is 11.5. The zero-order chi connectivity index (χ0) is 14.3. The number of hydrogen-bond donors (Lipinski definition) is 1. The van der Waals surface area contributed by atoms with Gasteiger partial charge in [-0.1, -0.05) is 25.1 Å². The molecule has 2 atom stereocenters. The monoisotopic (exact) mass is 275 g/mol. The molecule has 1 saturated heterocycles. The van der Waals surface area contributed by atoms with Gasteiger partial charge >= 0.3 is 0 Å². The molecule has 1 aliphatic carbocycles. The fourth-order valence-electron chi connectivity index (χ4n) is 3.73. The van der Waals surface area contributed by atoms with Crippen LogP contribution in [0.15, 0.2) is 24.3 Å². The first-order valence-electron chi connectivity index (χ1n) is 7.16. The molecule has 3 nitrogen and oxygen atoms in total. The summed E-state index contributed by atoms with van der Waals surface area (Å²) in [6.07, 6.45) is 3.09. The number of nitrogens with one attached hydrogen (secondary N) is 1. The van der Waals surface area contributed by atoms with E-state index in [0.29, 0.717) is 17.9 Å². The Balaban J connectivity index is 2.11. The molecule has 1 heterocycles. The summed E-state index contributed by atoms with van der Waals surface area (Å²) in [7, 11) is 0. The van der Waals surface area contributed by atoms with E-state index in [2.05, 4.69) is 5.32 Å². The lowest BCUT2D eigenvalue weighted by Crippen LogP contribution is -2.51. The summed E-state index contributed by atoms with van der Waals surface area (Å²) in [5.41, 5.74) is 0.00738. The molecular weight excluding hydrogens is 257 g/mol. The highest BCUT2D eigenvalue weighted by Gasteiger charge is 2.56. The Hall–Kier alpha value is -1.71. The zero-order valence-electron chi connectivity index (χ0n) is 11.5. The van der Waals surface area contributed by atoms with Gasteiger partial charge in [0.2, 0.25) is 11.8 Å². The van der Waals surface area contributed by atoms with Crippen molar-refractivity contribution in [1.29, 1.82) is 0 Å². The molecule has 1 saturated carbocycles. The third kappa shape index (κ3) is 1.94. The van der Waals surface area contributed by atoms with Gasteiger partial charge in [0.1, 0.15) is 5.82 Å². The van der Waals surface area contributed by atoms with Gasteiger partial charge in [0.25, 0.3) is 0 Å². The van der Waals surface area contributed by atoms with Crippen LogP contribution in [0.1, 0.15) is 44.1 Å². The van der Waals surface area contributed by atoms with Crippen LogP contribution >= 0.6 is 0 Å². The average molecular weight is 275 g/mol. The third-order valence-corrected chi connectivity index (χ3v) is 4.85. The molecule has 20 heavy (non-hydrogen) atoms. The summed E-state index contributed by atoms with van der Waals surface area (Å²) in [6.45, 7) is 2.00. The number of benzene rings is 1. The summed E-state index contributed by atoms with van der Waals surface area (Å²) in [5, 5.41) is 2.38. The van der Waals surface area contributed by atoms with E-state index in [1.807, 2.05) is 6.92 Å². The van der Waals surface area contributed by atoms with Crippen LogP contribution in [0.25, 0.3) is 0 Å². The maximum Gasteiger partial charge on any atom is 0.234 e. The van der Waals surface area contributed by atoms with Gasteiger partial charge in [-0.3, -0.25) is 14.9 Å². The predicted octanol–water partition coefficient (Wildman–Crippen LogP) is 2.76. The molecule has 1 aromatic carbocycles. The SMILES string of the molecule is CCC1(C2CC2)CC(=O)NC(=O)C1c1ccccc1F. The van der Waals surface area contributed by atoms with Gasteiger partial charge in [0, 0.05) is 12.0 Å². The number of hydrogen-bond acceptors (Lipinski definition) is 2. The van der Waals surface area contributed by atoms with Crippen molar-refractivity contribution in [2.24, 2.45) is 11.3 Å². The number of imide groups is 1. The summed E-state index contributed by atoms with van der Waals surface area (Å²) in [5.74, 6) is -1.14. The van der Waals surface area contributed by atoms with Crippen LogP contribution in [-0.2, 0) is 9.59 Å². The van der Waals surface area contributed by atoms with Crippen molar-refractivity contribution in [3.63, 3.8) is 0 Å². The Kier molecular flexibility index (Phi) is 3.11. The van der Waals surface area contributed by atoms with Gasteiger partial charge in [0.15, 0.2) is 0 Å². The molecule has 0 radical (unpaired) electrons. The topological polar surface area (TPSA) is 46.2 Å². The normalized spacial score (nSPS) is 30.2. The summed E-state index contributed by atoms with van der Waals surface area (Å²) < 4.78 is 14.1. The Morgan fingerprint density at radius 1 is 1.30 bits per heavy atom. The smallest absolute Gasteiger partial charge is 0.234 e. The summed E-state index contributed by atoms with van der Waals surface area (Å²) in [6, 6.07) is 6.42. The van der Waals surface area contributed by atoms with E-state index in [1.165, 1.54) is 6.07 Å². The van der Waals surface area contributed by atoms with Crippen LogP contribution in [0.4, 0.5) is 4.39 Å². The highest BCUT2D eigenvalue weighted by Crippen LogP contribution is 2.58. The van der Waals surface area contributed by atoms with E-state index in [1.54, 1.807) is 18.2 Å². The Morgan fingerprint density at radius 2 is 2.00 bits per heavy atom. The average Bonchev–Trinajstić information content (AvgIpc) is 3.24. The van der Waals surface area contributed by atoms with E-state index in [9.17, 15) is 14.0 Å². The van der Waals surface area contributed by atoms with E-state index >= 15 is 0 Å². The number of rotatable bonds is 3. The van der Waals surface area contributed by atoms with Crippen molar-refractivity contribution in [3.05, 3.63) is 35.6 Å². The largest absolute Gasteiger partial charge is 0.296 e. The Morgan fingerprint density at radius 3 is 2.60 bits per heavy atom. The number of piperidine rings is 1. The second-order valence-corrected chi connectivity index (χ2v) is 5.90. The maximum atomic E-state index is 14.1. The fourth-order valence-corrected chi connectivity index (χ4v) is 3.73. The molecule has 3 rings (SSSR count). The molecule has 2 aliphatic rings. The van der Waals surface area contributed by atoms with Gasteiger partial charge in [-0.05, 0) is 36.7 Å². The van der Waals surface area contributed by atoms with Gasteiger partial charge < -0.3 is 0 Å². The molecule has 0 spiro atoms. The second-order valence-electron chi connectivity index (χ2n) is 5.90.